The Balaban J connectivity index is 2.06. The highest BCUT2D eigenvalue weighted by Crippen LogP contribution is 2.26. The molecule has 112 valence electrons. The summed E-state index contributed by atoms with van der Waals surface area (Å²) in [5, 5.41) is 9.32. The largest absolute Gasteiger partial charge is 0.478 e. The molecule has 1 aliphatic heterocycles. The van der Waals surface area contributed by atoms with E-state index in [4.69, 9.17) is 0 Å². The summed E-state index contributed by atoms with van der Waals surface area (Å²) in [5.41, 5.74) is 1.41. The number of fused-ring (bicyclic) bond motifs is 1. The van der Waals surface area contributed by atoms with Crippen molar-refractivity contribution in [1.82, 2.24) is 9.55 Å². The summed E-state index contributed by atoms with van der Waals surface area (Å²) < 4.78 is 25.0. The van der Waals surface area contributed by atoms with Crippen molar-refractivity contribution < 1.29 is 18.3 Å². The zero-order chi connectivity index (χ0) is 15.2. The van der Waals surface area contributed by atoms with E-state index in [1.807, 2.05) is 11.5 Å². The van der Waals surface area contributed by atoms with E-state index >= 15 is 0 Å². The normalized spacial score (nSPS) is 20.9. The van der Waals surface area contributed by atoms with E-state index in [0.29, 0.717) is 29.8 Å². The number of rotatable bonds is 3. The molecule has 7 heteroatoms. The summed E-state index contributed by atoms with van der Waals surface area (Å²) in [6, 6.07) is 4.99. The molecule has 0 amide bonds. The molecule has 2 heterocycles. The predicted octanol–water partition coefficient (Wildman–Crippen LogP) is 1.48. The second-order valence-corrected chi connectivity index (χ2v) is 7.75. The third-order valence-corrected chi connectivity index (χ3v) is 5.79. The second kappa shape index (κ2) is 4.84. The van der Waals surface area contributed by atoms with Crippen LogP contribution in [0.15, 0.2) is 18.2 Å². The number of aromatic carboxylic acids is 1. The van der Waals surface area contributed by atoms with Crippen molar-refractivity contribution in [3.05, 3.63) is 29.6 Å². The first kappa shape index (κ1) is 14.1. The van der Waals surface area contributed by atoms with Crippen LogP contribution in [0, 0.1) is 12.8 Å². The number of hydrogen-bond donors (Lipinski definition) is 1. The zero-order valence-electron chi connectivity index (χ0n) is 11.6. The molecule has 1 atom stereocenters. The number of nitrogens with zero attached hydrogens (tertiary/aromatic N) is 2. The average Bonchev–Trinajstić information content (AvgIpc) is 2.90. The number of carboxylic acid groups (broad SMARTS) is 1. The highest BCUT2D eigenvalue weighted by Gasteiger charge is 2.29. The number of aryl methyl sites for hydroxylation is 1. The topological polar surface area (TPSA) is 89.3 Å². The zero-order valence-corrected chi connectivity index (χ0v) is 12.4. The van der Waals surface area contributed by atoms with Gasteiger partial charge in [0.1, 0.15) is 5.82 Å². The van der Waals surface area contributed by atoms with Gasteiger partial charge >= 0.3 is 5.97 Å². The molecule has 0 spiro atoms. The first-order valence-corrected chi connectivity index (χ1v) is 8.59. The van der Waals surface area contributed by atoms with E-state index in [1.165, 1.54) is 0 Å². The Morgan fingerprint density at radius 2 is 2.24 bits per heavy atom. The molecule has 1 aromatic carbocycles. The van der Waals surface area contributed by atoms with Crippen LogP contribution >= 0.6 is 0 Å². The molecule has 1 saturated heterocycles. The van der Waals surface area contributed by atoms with Crippen molar-refractivity contribution in [2.75, 3.05) is 11.5 Å². The van der Waals surface area contributed by atoms with Crippen molar-refractivity contribution in [1.29, 1.82) is 0 Å². The molecule has 21 heavy (non-hydrogen) atoms. The van der Waals surface area contributed by atoms with E-state index in [1.54, 1.807) is 18.2 Å². The number of imidazole rings is 1. The molecular formula is C14H16N2O4S. The lowest BCUT2D eigenvalue weighted by Gasteiger charge is -2.12. The minimum atomic E-state index is -2.94. The highest BCUT2D eigenvalue weighted by molar-refractivity contribution is 7.91. The van der Waals surface area contributed by atoms with Gasteiger partial charge in [0, 0.05) is 6.54 Å². The summed E-state index contributed by atoms with van der Waals surface area (Å²) in [4.78, 5) is 15.8. The van der Waals surface area contributed by atoms with Crippen molar-refractivity contribution in [2.24, 2.45) is 5.92 Å². The second-order valence-electron chi connectivity index (χ2n) is 5.52. The van der Waals surface area contributed by atoms with Crippen LogP contribution in [0.2, 0.25) is 0 Å². The summed E-state index contributed by atoms with van der Waals surface area (Å²) in [7, 11) is -2.94. The number of para-hydroxylation sites is 1. The van der Waals surface area contributed by atoms with E-state index in [0.717, 1.165) is 0 Å². The van der Waals surface area contributed by atoms with E-state index < -0.39 is 15.8 Å². The molecule has 0 saturated carbocycles. The Labute approximate surface area is 122 Å². The first-order chi connectivity index (χ1) is 9.87. The fourth-order valence-electron chi connectivity index (χ4n) is 2.97. The van der Waals surface area contributed by atoms with E-state index in [-0.39, 0.29) is 23.0 Å². The molecule has 1 fully saturated rings. The lowest BCUT2D eigenvalue weighted by atomic mass is 10.1. The van der Waals surface area contributed by atoms with Gasteiger partial charge in [-0.1, -0.05) is 6.07 Å². The maximum atomic E-state index is 11.6. The number of aromatic nitrogens is 2. The molecule has 2 aromatic rings. The van der Waals surface area contributed by atoms with Gasteiger partial charge in [0.15, 0.2) is 9.84 Å². The Hall–Kier alpha value is -1.89. The van der Waals surface area contributed by atoms with Crippen molar-refractivity contribution in [2.45, 2.75) is 19.9 Å². The van der Waals surface area contributed by atoms with Crippen LogP contribution in [0.4, 0.5) is 0 Å². The number of benzene rings is 1. The molecular weight excluding hydrogens is 292 g/mol. The van der Waals surface area contributed by atoms with Gasteiger partial charge in [-0.25, -0.2) is 18.2 Å². The van der Waals surface area contributed by atoms with Crippen molar-refractivity contribution >= 4 is 26.8 Å². The molecule has 1 unspecified atom stereocenters. The predicted molar refractivity (Wildman–Crippen MR) is 78.2 cm³/mol. The van der Waals surface area contributed by atoms with Crippen LogP contribution < -0.4 is 0 Å². The monoisotopic (exact) mass is 308 g/mol. The van der Waals surface area contributed by atoms with Crippen LogP contribution in [-0.2, 0) is 16.4 Å². The van der Waals surface area contributed by atoms with Crippen LogP contribution in [0.1, 0.15) is 22.6 Å². The molecule has 6 nitrogen and oxygen atoms in total. The van der Waals surface area contributed by atoms with E-state index in [9.17, 15) is 18.3 Å². The van der Waals surface area contributed by atoms with Crippen molar-refractivity contribution in [3.63, 3.8) is 0 Å². The maximum Gasteiger partial charge on any atom is 0.337 e. The van der Waals surface area contributed by atoms with Gasteiger partial charge in [0.05, 0.1) is 28.1 Å². The molecule has 0 radical (unpaired) electrons. The molecule has 3 rings (SSSR count). The smallest absolute Gasteiger partial charge is 0.337 e. The fourth-order valence-corrected chi connectivity index (χ4v) is 4.82. The standard InChI is InChI=1S/C14H16N2O4S/c1-9-15-12-4-2-3-11(14(17)18)13(12)16(9)7-10-5-6-21(19,20)8-10/h2-4,10H,5-8H2,1H3,(H,17,18). The summed E-state index contributed by atoms with van der Waals surface area (Å²) >= 11 is 0. The lowest BCUT2D eigenvalue weighted by Crippen LogP contribution is -2.14. The van der Waals surface area contributed by atoms with Crippen molar-refractivity contribution in [3.8, 4) is 0 Å². The minimum absolute atomic E-state index is 0.0213. The van der Waals surface area contributed by atoms with Crippen LogP contribution in [-0.4, -0.2) is 40.6 Å². The van der Waals surface area contributed by atoms with Crippen LogP contribution in [0.5, 0.6) is 0 Å². The third kappa shape index (κ3) is 2.53. The minimum Gasteiger partial charge on any atom is -0.478 e. The summed E-state index contributed by atoms with van der Waals surface area (Å²) in [5.74, 6) is 0.118. The Morgan fingerprint density at radius 3 is 2.86 bits per heavy atom. The average molecular weight is 308 g/mol. The van der Waals surface area contributed by atoms with E-state index in [2.05, 4.69) is 4.98 Å². The maximum absolute atomic E-state index is 11.6. The molecule has 0 bridgehead atoms. The van der Waals surface area contributed by atoms with Gasteiger partial charge < -0.3 is 9.67 Å². The first-order valence-electron chi connectivity index (χ1n) is 6.77. The quantitative estimate of drug-likeness (QED) is 0.927. The van der Waals surface area contributed by atoms with Gasteiger partial charge in [-0.05, 0) is 31.4 Å². The Kier molecular flexibility index (Phi) is 3.24. The number of sulfone groups is 1. The molecule has 0 aliphatic carbocycles. The third-order valence-electron chi connectivity index (χ3n) is 3.96. The van der Waals surface area contributed by atoms with Gasteiger partial charge in [0.25, 0.3) is 0 Å². The Bertz CT molecular complexity index is 823. The van der Waals surface area contributed by atoms with Gasteiger partial charge in [-0.15, -0.1) is 0 Å². The summed E-state index contributed by atoms with van der Waals surface area (Å²) in [6.45, 7) is 2.31. The SMILES string of the molecule is Cc1nc2cccc(C(=O)O)c2n1CC1CCS(=O)(=O)C1. The number of carboxylic acids is 1. The van der Waals surface area contributed by atoms with Crippen LogP contribution in [0.3, 0.4) is 0 Å². The lowest BCUT2D eigenvalue weighted by molar-refractivity contribution is 0.0698. The van der Waals surface area contributed by atoms with Gasteiger partial charge in [0.2, 0.25) is 0 Å². The summed E-state index contributed by atoms with van der Waals surface area (Å²) in [6.07, 6.45) is 0.622. The Morgan fingerprint density at radius 1 is 1.48 bits per heavy atom. The number of carbonyl (C=O) groups is 1. The highest BCUT2D eigenvalue weighted by atomic mass is 32.2. The molecule has 1 aliphatic rings. The van der Waals surface area contributed by atoms with Gasteiger partial charge in [-0.3, -0.25) is 0 Å². The molecule has 1 aromatic heterocycles. The van der Waals surface area contributed by atoms with Gasteiger partial charge in [-0.2, -0.15) is 0 Å². The number of hydrogen-bond acceptors (Lipinski definition) is 4. The fraction of sp³-hybridized carbons (Fsp3) is 0.429. The molecule has 1 N–H and O–H groups in total. The van der Waals surface area contributed by atoms with Crippen LogP contribution in [0.25, 0.3) is 11.0 Å².